The number of hydrogen-bond acceptors (Lipinski definition) is 8. The van der Waals surface area contributed by atoms with Gasteiger partial charge in [-0.05, 0) is 66.4 Å². The Morgan fingerprint density at radius 1 is 0.774 bits per heavy atom. The molecule has 1 aliphatic rings. The molecule has 2 amide bonds. The number of sulfonamides is 1. The van der Waals surface area contributed by atoms with E-state index >= 15 is 0 Å². The SMILES string of the molecule is COc1cccc(CN(C(=O)CN(c2cc(Cl)ccc2OC)S(=O)(=O)c2ccc(OC)c(OC)c2)C(Cc2ccccc2)C(=O)NC2CCCCC2)c1. The van der Waals surface area contributed by atoms with Crippen LogP contribution in [-0.2, 0) is 32.6 Å². The number of carbonyl (C=O) groups is 2. The van der Waals surface area contributed by atoms with E-state index in [2.05, 4.69) is 5.32 Å². The van der Waals surface area contributed by atoms with Gasteiger partial charge in [0.25, 0.3) is 10.0 Å². The van der Waals surface area contributed by atoms with Gasteiger partial charge in [-0.15, -0.1) is 0 Å². The van der Waals surface area contributed by atoms with E-state index in [-0.39, 0.29) is 52.0 Å². The number of nitrogens with one attached hydrogen (secondary N) is 1. The van der Waals surface area contributed by atoms with E-state index in [1.165, 1.54) is 56.6 Å². The van der Waals surface area contributed by atoms with Crippen LogP contribution in [0.1, 0.15) is 43.2 Å². The van der Waals surface area contributed by atoms with Gasteiger partial charge >= 0.3 is 0 Å². The first-order chi connectivity index (χ1) is 25.6. The molecule has 53 heavy (non-hydrogen) atoms. The first-order valence-corrected chi connectivity index (χ1v) is 19.2. The van der Waals surface area contributed by atoms with Crippen molar-refractivity contribution in [1.82, 2.24) is 10.2 Å². The highest BCUT2D eigenvalue weighted by Crippen LogP contribution is 2.37. The predicted molar refractivity (Wildman–Crippen MR) is 205 cm³/mol. The van der Waals surface area contributed by atoms with Gasteiger partial charge in [0.1, 0.15) is 24.1 Å². The molecule has 282 valence electrons. The fourth-order valence-corrected chi connectivity index (χ4v) is 8.14. The van der Waals surface area contributed by atoms with Gasteiger partial charge in [0.15, 0.2) is 11.5 Å². The maximum Gasteiger partial charge on any atom is 0.265 e. The minimum Gasteiger partial charge on any atom is -0.497 e. The van der Waals surface area contributed by atoms with Gasteiger partial charge < -0.3 is 29.2 Å². The average molecular weight is 764 g/mol. The number of benzene rings is 4. The summed E-state index contributed by atoms with van der Waals surface area (Å²) in [6.45, 7) is -0.706. The number of hydrogen-bond donors (Lipinski definition) is 1. The van der Waals surface area contributed by atoms with Gasteiger partial charge in [-0.1, -0.05) is 73.3 Å². The number of anilines is 1. The lowest BCUT2D eigenvalue weighted by molar-refractivity contribution is -0.140. The molecule has 0 bridgehead atoms. The van der Waals surface area contributed by atoms with Crippen LogP contribution in [0.25, 0.3) is 0 Å². The summed E-state index contributed by atoms with van der Waals surface area (Å²) in [6.07, 6.45) is 5.01. The Bertz CT molecular complexity index is 1970. The normalized spacial score (nSPS) is 13.8. The van der Waals surface area contributed by atoms with Gasteiger partial charge in [0.05, 0.1) is 39.0 Å². The topological polar surface area (TPSA) is 124 Å². The molecule has 4 aromatic rings. The van der Waals surface area contributed by atoms with Crippen LogP contribution in [0.3, 0.4) is 0 Å². The summed E-state index contributed by atoms with van der Waals surface area (Å²) in [4.78, 5) is 30.7. The number of amides is 2. The van der Waals surface area contributed by atoms with Crippen molar-refractivity contribution in [2.75, 3.05) is 39.3 Å². The van der Waals surface area contributed by atoms with Crippen molar-refractivity contribution < 1.29 is 37.0 Å². The Balaban J connectivity index is 1.63. The lowest BCUT2D eigenvalue weighted by Crippen LogP contribution is -2.55. The molecule has 11 nitrogen and oxygen atoms in total. The van der Waals surface area contributed by atoms with Gasteiger partial charge in [0.2, 0.25) is 11.8 Å². The fourth-order valence-electron chi connectivity index (χ4n) is 6.54. The van der Waals surface area contributed by atoms with E-state index in [0.717, 1.165) is 42.0 Å². The maximum atomic E-state index is 15.0. The molecule has 0 radical (unpaired) electrons. The first-order valence-electron chi connectivity index (χ1n) is 17.4. The molecular formula is C40H46ClN3O8S. The Hall–Kier alpha value is -4.94. The van der Waals surface area contributed by atoms with Gasteiger partial charge in [-0.3, -0.25) is 13.9 Å². The smallest absolute Gasteiger partial charge is 0.265 e. The highest BCUT2D eigenvalue weighted by atomic mass is 35.5. The molecule has 1 N–H and O–H groups in total. The quantitative estimate of drug-likeness (QED) is 0.135. The van der Waals surface area contributed by atoms with E-state index in [1.807, 2.05) is 36.4 Å². The standard InChI is InChI=1S/C40H46ClN3O8S/c1-49-32-17-11-14-29(22-32)26-43(35(23-28-12-7-5-8-13-28)40(46)42-31-15-9-6-10-16-31)39(45)27-44(34-24-30(41)18-20-36(34)50-2)53(47,48)33-19-21-37(51-3)38(25-33)52-4/h5,7-8,11-14,17-22,24-25,31,35H,6,9-10,15-16,23,26-27H2,1-4H3,(H,42,46). The molecule has 0 heterocycles. The Morgan fingerprint density at radius 2 is 1.45 bits per heavy atom. The van der Waals surface area contributed by atoms with Crippen molar-refractivity contribution in [3.05, 3.63) is 107 Å². The van der Waals surface area contributed by atoms with Crippen molar-refractivity contribution in [2.24, 2.45) is 0 Å². The van der Waals surface area contributed by atoms with Crippen LogP contribution < -0.4 is 28.6 Å². The summed E-state index contributed by atoms with van der Waals surface area (Å²) in [6, 6.07) is 24.3. The largest absolute Gasteiger partial charge is 0.497 e. The Labute approximate surface area is 316 Å². The zero-order chi connectivity index (χ0) is 38.0. The summed E-state index contributed by atoms with van der Waals surface area (Å²) in [5, 5.41) is 3.45. The second-order valence-electron chi connectivity index (χ2n) is 12.8. The lowest BCUT2D eigenvalue weighted by Gasteiger charge is -2.35. The average Bonchev–Trinajstić information content (AvgIpc) is 3.18. The summed E-state index contributed by atoms with van der Waals surface area (Å²) in [5.41, 5.74) is 1.57. The summed E-state index contributed by atoms with van der Waals surface area (Å²) >= 11 is 6.44. The van der Waals surface area contributed by atoms with E-state index in [4.69, 9.17) is 30.5 Å². The Kier molecular flexibility index (Phi) is 13.5. The number of carbonyl (C=O) groups excluding carboxylic acids is 2. The fraction of sp³-hybridized carbons (Fsp3) is 0.350. The molecule has 5 rings (SSSR count). The van der Waals surface area contributed by atoms with Crippen LogP contribution in [0.15, 0.2) is 95.9 Å². The number of rotatable bonds is 16. The summed E-state index contributed by atoms with van der Waals surface area (Å²) < 4.78 is 52.2. The maximum absolute atomic E-state index is 15.0. The summed E-state index contributed by atoms with van der Waals surface area (Å²) in [5.74, 6) is 0.306. The van der Waals surface area contributed by atoms with Gasteiger partial charge in [-0.25, -0.2) is 8.42 Å². The molecule has 1 atom stereocenters. The van der Waals surface area contributed by atoms with Crippen LogP contribution in [-0.4, -0.2) is 72.2 Å². The second-order valence-corrected chi connectivity index (χ2v) is 15.1. The number of halogens is 1. The summed E-state index contributed by atoms with van der Waals surface area (Å²) in [7, 11) is 1.28. The van der Waals surface area contributed by atoms with E-state index in [9.17, 15) is 18.0 Å². The van der Waals surface area contributed by atoms with Crippen LogP contribution in [0.4, 0.5) is 5.69 Å². The van der Waals surface area contributed by atoms with Crippen LogP contribution >= 0.6 is 11.6 Å². The second kappa shape index (κ2) is 18.2. The molecule has 1 saturated carbocycles. The first kappa shape index (κ1) is 39.3. The molecule has 0 aromatic heterocycles. The molecule has 1 fully saturated rings. The van der Waals surface area contributed by atoms with Crippen molar-refractivity contribution in [1.29, 1.82) is 0 Å². The van der Waals surface area contributed by atoms with E-state index < -0.39 is 28.5 Å². The molecule has 0 aliphatic heterocycles. The van der Waals surface area contributed by atoms with Crippen molar-refractivity contribution >= 4 is 39.1 Å². The molecule has 4 aromatic carbocycles. The lowest BCUT2D eigenvalue weighted by atomic mass is 9.94. The van der Waals surface area contributed by atoms with Crippen molar-refractivity contribution in [3.8, 4) is 23.0 Å². The van der Waals surface area contributed by atoms with Crippen molar-refractivity contribution in [2.45, 2.75) is 62.0 Å². The minimum absolute atomic E-state index is 0.0114. The third-order valence-corrected chi connectivity index (χ3v) is 11.3. The number of ether oxygens (including phenoxy) is 4. The highest BCUT2D eigenvalue weighted by Gasteiger charge is 2.37. The predicted octanol–water partition coefficient (Wildman–Crippen LogP) is 6.66. The van der Waals surface area contributed by atoms with Crippen LogP contribution in [0, 0.1) is 0 Å². The zero-order valence-electron chi connectivity index (χ0n) is 30.4. The monoisotopic (exact) mass is 763 g/mol. The van der Waals surface area contributed by atoms with Crippen molar-refractivity contribution in [3.63, 3.8) is 0 Å². The third kappa shape index (κ3) is 9.74. The minimum atomic E-state index is -4.51. The van der Waals surface area contributed by atoms with Crippen LogP contribution in [0.5, 0.6) is 23.0 Å². The number of nitrogens with zero attached hydrogens (tertiary/aromatic N) is 2. The number of methoxy groups -OCH3 is 4. The molecule has 0 saturated heterocycles. The van der Waals surface area contributed by atoms with Crippen LogP contribution in [0.2, 0.25) is 5.02 Å². The molecular weight excluding hydrogens is 718 g/mol. The van der Waals surface area contributed by atoms with E-state index in [1.54, 1.807) is 31.4 Å². The molecule has 1 aliphatic carbocycles. The molecule has 13 heteroatoms. The molecule has 0 spiro atoms. The zero-order valence-corrected chi connectivity index (χ0v) is 32.0. The van der Waals surface area contributed by atoms with Gasteiger partial charge in [-0.2, -0.15) is 0 Å². The van der Waals surface area contributed by atoms with E-state index in [0.29, 0.717) is 17.1 Å². The molecule has 1 unspecified atom stereocenters. The highest BCUT2D eigenvalue weighted by molar-refractivity contribution is 7.92. The third-order valence-electron chi connectivity index (χ3n) is 9.34. The van der Waals surface area contributed by atoms with Gasteiger partial charge in [0, 0.05) is 30.1 Å². The Morgan fingerprint density at radius 3 is 2.13 bits per heavy atom.